The molecule has 1 aromatic heterocycles. The molecule has 2 rings (SSSR count). The van der Waals surface area contributed by atoms with Gasteiger partial charge in [-0.05, 0) is 32.2 Å². The smallest absolute Gasteiger partial charge is 0.168 e. The molecule has 8 heteroatoms. The molecular weight excluding hydrogens is 318 g/mol. The van der Waals surface area contributed by atoms with Gasteiger partial charge in [0.05, 0.1) is 23.2 Å². The Hall–Kier alpha value is -3.29. The average molecular weight is 339 g/mol. The first kappa shape index (κ1) is 18.1. The highest BCUT2D eigenvalue weighted by Gasteiger charge is 2.19. The quantitative estimate of drug-likeness (QED) is 0.395. The average Bonchev–Trinajstić information content (AvgIpc) is 2.59. The van der Waals surface area contributed by atoms with E-state index in [1.54, 1.807) is 17.2 Å². The fourth-order valence-corrected chi connectivity index (χ4v) is 2.31. The third-order valence-corrected chi connectivity index (χ3v) is 3.46. The van der Waals surface area contributed by atoms with E-state index in [-0.39, 0.29) is 17.6 Å². The molecule has 0 fully saturated rings. The van der Waals surface area contributed by atoms with Gasteiger partial charge in [-0.3, -0.25) is 15.2 Å². The van der Waals surface area contributed by atoms with Crippen molar-refractivity contribution < 1.29 is 4.79 Å². The minimum absolute atomic E-state index is 0.138. The van der Waals surface area contributed by atoms with E-state index in [9.17, 15) is 4.79 Å². The van der Waals surface area contributed by atoms with E-state index in [1.165, 1.54) is 12.5 Å². The molecule has 1 aliphatic rings. The minimum Gasteiger partial charge on any atom is -0.383 e. The van der Waals surface area contributed by atoms with Crippen molar-refractivity contribution in [3.05, 3.63) is 47.7 Å². The zero-order chi connectivity index (χ0) is 18.4. The molecule has 1 aliphatic heterocycles. The second-order valence-corrected chi connectivity index (χ2v) is 5.64. The summed E-state index contributed by atoms with van der Waals surface area (Å²) in [4.78, 5) is 24.6. The van der Waals surface area contributed by atoms with E-state index < -0.39 is 0 Å². The van der Waals surface area contributed by atoms with Gasteiger partial charge in [-0.25, -0.2) is 9.97 Å². The molecule has 0 spiro atoms. The van der Waals surface area contributed by atoms with Gasteiger partial charge < -0.3 is 16.0 Å². The number of nitrogens with zero attached hydrogens (tertiary/aromatic N) is 4. The number of nitrogen functional groups attached to an aromatic ring is 1. The van der Waals surface area contributed by atoms with Gasteiger partial charge in [-0.15, -0.1) is 0 Å². The number of rotatable bonds is 7. The number of carbonyl (C=O) groups excluding carboxylic acids is 1. The minimum atomic E-state index is 0.138. The molecular formula is C17H21N7O. The van der Waals surface area contributed by atoms with Crippen LogP contribution >= 0.6 is 0 Å². The molecule has 130 valence electrons. The zero-order valence-electron chi connectivity index (χ0n) is 14.2. The maximum absolute atomic E-state index is 11.1. The second-order valence-electron chi connectivity index (χ2n) is 5.64. The van der Waals surface area contributed by atoms with Crippen LogP contribution in [0.15, 0.2) is 47.1 Å². The van der Waals surface area contributed by atoms with Crippen molar-refractivity contribution >= 4 is 30.4 Å². The van der Waals surface area contributed by atoms with Crippen LogP contribution in [0.3, 0.4) is 0 Å². The maximum Gasteiger partial charge on any atom is 0.168 e. The van der Waals surface area contributed by atoms with Gasteiger partial charge in [-0.2, -0.15) is 0 Å². The van der Waals surface area contributed by atoms with Crippen LogP contribution in [-0.4, -0.2) is 46.2 Å². The summed E-state index contributed by atoms with van der Waals surface area (Å²) in [5.74, 6) is 0.762. The summed E-state index contributed by atoms with van der Waals surface area (Å²) in [7, 11) is 0. The molecule has 0 unspecified atom stereocenters. The molecule has 0 atom stereocenters. The van der Waals surface area contributed by atoms with E-state index in [0.29, 0.717) is 35.5 Å². The molecule has 0 saturated heterocycles. The largest absolute Gasteiger partial charge is 0.383 e. The zero-order valence-corrected chi connectivity index (χ0v) is 14.2. The predicted octanol–water partition coefficient (Wildman–Crippen LogP) is 1.74. The lowest BCUT2D eigenvalue weighted by Crippen LogP contribution is -2.23. The van der Waals surface area contributed by atoms with E-state index >= 15 is 0 Å². The van der Waals surface area contributed by atoms with Gasteiger partial charge in [0.15, 0.2) is 6.29 Å². The van der Waals surface area contributed by atoms with E-state index in [0.717, 1.165) is 0 Å². The Kier molecular flexibility index (Phi) is 5.78. The van der Waals surface area contributed by atoms with Crippen molar-refractivity contribution in [2.45, 2.75) is 19.9 Å². The Morgan fingerprint density at radius 3 is 2.84 bits per heavy atom. The van der Waals surface area contributed by atoms with E-state index in [1.807, 2.05) is 19.9 Å². The highest BCUT2D eigenvalue weighted by molar-refractivity contribution is 6.17. The van der Waals surface area contributed by atoms with Crippen LogP contribution in [0.4, 0.5) is 11.6 Å². The lowest BCUT2D eigenvalue weighted by atomic mass is 10.0. The van der Waals surface area contributed by atoms with Gasteiger partial charge in [-0.1, -0.05) is 6.08 Å². The van der Waals surface area contributed by atoms with Crippen molar-refractivity contribution in [1.82, 2.24) is 14.9 Å². The summed E-state index contributed by atoms with van der Waals surface area (Å²) in [6.07, 6.45) is 8.73. The van der Waals surface area contributed by atoms with Crippen LogP contribution in [-0.2, 0) is 4.79 Å². The predicted molar refractivity (Wildman–Crippen MR) is 99.7 cm³/mol. The molecule has 0 aromatic carbocycles. The number of allylic oxidation sites excluding steroid dienone is 3. The Labute approximate surface area is 146 Å². The normalized spacial score (nSPS) is 14.3. The van der Waals surface area contributed by atoms with Gasteiger partial charge in [0.1, 0.15) is 18.0 Å². The summed E-state index contributed by atoms with van der Waals surface area (Å²) in [5.41, 5.74) is 7.70. The van der Waals surface area contributed by atoms with Gasteiger partial charge >= 0.3 is 0 Å². The maximum atomic E-state index is 11.1. The molecule has 2 heterocycles. The lowest BCUT2D eigenvalue weighted by molar-refractivity contribution is -0.105. The monoisotopic (exact) mass is 339 g/mol. The highest BCUT2D eigenvalue weighted by atomic mass is 16.1. The van der Waals surface area contributed by atoms with Crippen LogP contribution in [0.25, 0.3) is 0 Å². The lowest BCUT2D eigenvalue weighted by Gasteiger charge is -2.23. The van der Waals surface area contributed by atoms with Crippen molar-refractivity contribution in [3.63, 3.8) is 0 Å². The highest BCUT2D eigenvalue weighted by Crippen LogP contribution is 2.24. The number of nitrogens with two attached hydrogens (primary N) is 1. The van der Waals surface area contributed by atoms with Crippen LogP contribution < -0.4 is 11.1 Å². The Morgan fingerprint density at radius 2 is 2.28 bits per heavy atom. The molecule has 4 N–H and O–H groups in total. The summed E-state index contributed by atoms with van der Waals surface area (Å²) in [6, 6.07) is 0.138. The number of nitrogens with one attached hydrogen (secondary N) is 2. The number of aliphatic imine (C=N–C) groups is 1. The van der Waals surface area contributed by atoms with Crippen LogP contribution in [0, 0.1) is 5.41 Å². The summed E-state index contributed by atoms with van der Waals surface area (Å²) >= 11 is 0. The molecule has 0 radical (unpaired) electrons. The van der Waals surface area contributed by atoms with Gasteiger partial charge in [0.2, 0.25) is 0 Å². The number of aromatic nitrogens is 2. The van der Waals surface area contributed by atoms with E-state index in [4.69, 9.17) is 11.1 Å². The third-order valence-electron chi connectivity index (χ3n) is 3.46. The topological polar surface area (TPSA) is 120 Å². The SMILES string of the molecule is C=N/C=C(/C=O)N1C=CC(C(=N)c2c(N)ncnc2NC(C)C)=CC1. The van der Waals surface area contributed by atoms with Crippen molar-refractivity contribution in [2.75, 3.05) is 17.6 Å². The number of aldehydes is 1. The summed E-state index contributed by atoms with van der Waals surface area (Å²) in [5, 5.41) is 11.7. The number of carbonyl (C=O) groups is 1. The number of hydrogen-bond acceptors (Lipinski definition) is 8. The van der Waals surface area contributed by atoms with Crippen molar-refractivity contribution in [2.24, 2.45) is 4.99 Å². The molecule has 0 aliphatic carbocycles. The first-order chi connectivity index (χ1) is 12.0. The Balaban J connectivity index is 2.28. The summed E-state index contributed by atoms with van der Waals surface area (Å²) < 4.78 is 0. The summed E-state index contributed by atoms with van der Waals surface area (Å²) in [6.45, 7) is 7.73. The second kappa shape index (κ2) is 8.00. The van der Waals surface area contributed by atoms with Crippen molar-refractivity contribution in [3.8, 4) is 0 Å². The van der Waals surface area contributed by atoms with Gasteiger partial charge in [0.25, 0.3) is 0 Å². The number of anilines is 2. The molecule has 0 amide bonds. The Morgan fingerprint density at radius 1 is 1.52 bits per heavy atom. The van der Waals surface area contributed by atoms with Gasteiger partial charge in [0, 0.05) is 18.8 Å². The Bertz CT molecular complexity index is 777. The fourth-order valence-electron chi connectivity index (χ4n) is 2.31. The molecule has 1 aromatic rings. The molecule has 25 heavy (non-hydrogen) atoms. The first-order valence-corrected chi connectivity index (χ1v) is 7.70. The third kappa shape index (κ3) is 4.17. The molecule has 0 bridgehead atoms. The molecule has 0 saturated carbocycles. The standard InChI is InChI=1S/C17H21N7O/c1-11(2)23-17-14(16(19)21-10-22-17)15(18)12-4-6-24(7-5-12)13(9-25)8-20-3/h4-6,8-11,18H,3,7H2,1-2H3,(H3,19,21,22,23)/b13-8-,18-15?. The van der Waals surface area contributed by atoms with Crippen molar-refractivity contribution in [1.29, 1.82) is 5.41 Å². The van der Waals surface area contributed by atoms with E-state index in [2.05, 4.69) is 27.0 Å². The van der Waals surface area contributed by atoms with Crippen LogP contribution in [0.5, 0.6) is 0 Å². The van der Waals surface area contributed by atoms with Crippen LogP contribution in [0.2, 0.25) is 0 Å². The number of hydrogen-bond donors (Lipinski definition) is 3. The first-order valence-electron chi connectivity index (χ1n) is 7.70. The molecule has 8 nitrogen and oxygen atoms in total. The fraction of sp³-hybridized carbons (Fsp3) is 0.235. The van der Waals surface area contributed by atoms with Crippen LogP contribution in [0.1, 0.15) is 19.4 Å².